The molecule has 0 bridgehead atoms. The molecule has 0 aliphatic carbocycles. The van der Waals surface area contributed by atoms with Crippen LogP contribution in [0.5, 0.6) is 17.2 Å². The molecule has 1 N–H and O–H groups in total. The van der Waals surface area contributed by atoms with Gasteiger partial charge in [-0.1, -0.05) is 18.2 Å². The highest BCUT2D eigenvalue weighted by Crippen LogP contribution is 2.32. The average molecular weight is 403 g/mol. The first-order valence-corrected chi connectivity index (χ1v) is 9.46. The highest BCUT2D eigenvalue weighted by Gasteiger charge is 2.32. The summed E-state index contributed by atoms with van der Waals surface area (Å²) in [6.45, 7) is 0.489. The molecule has 0 saturated carbocycles. The van der Waals surface area contributed by atoms with Crippen LogP contribution in [-0.2, 0) is 16.6 Å². The second kappa shape index (κ2) is 7.65. The van der Waals surface area contributed by atoms with E-state index in [-0.39, 0.29) is 17.0 Å². The second-order valence-corrected chi connectivity index (χ2v) is 7.41. The van der Waals surface area contributed by atoms with E-state index in [1.165, 1.54) is 36.4 Å². The van der Waals surface area contributed by atoms with Crippen LogP contribution in [0.1, 0.15) is 12.0 Å². The normalized spacial score (nSPS) is 14.5. The SMILES string of the molecule is O=S(=O)(NCc1ccccc1OC(F)(F)F)c1ccc2c(c1)OCCCO2. The van der Waals surface area contributed by atoms with Gasteiger partial charge in [0, 0.05) is 24.6 Å². The highest BCUT2D eigenvalue weighted by molar-refractivity contribution is 7.89. The minimum absolute atomic E-state index is 0.0488. The summed E-state index contributed by atoms with van der Waals surface area (Å²) < 4.78 is 79.5. The van der Waals surface area contributed by atoms with Crippen molar-refractivity contribution in [3.8, 4) is 17.2 Å². The molecule has 10 heteroatoms. The summed E-state index contributed by atoms with van der Waals surface area (Å²) >= 11 is 0. The van der Waals surface area contributed by atoms with Crippen molar-refractivity contribution in [1.82, 2.24) is 4.72 Å². The molecule has 1 heterocycles. The van der Waals surface area contributed by atoms with Crippen LogP contribution in [-0.4, -0.2) is 28.0 Å². The lowest BCUT2D eigenvalue weighted by atomic mass is 10.2. The van der Waals surface area contributed by atoms with Crippen LogP contribution in [0.25, 0.3) is 0 Å². The van der Waals surface area contributed by atoms with Crippen molar-refractivity contribution in [3.05, 3.63) is 48.0 Å². The first-order chi connectivity index (χ1) is 12.7. The van der Waals surface area contributed by atoms with E-state index in [0.29, 0.717) is 31.1 Å². The quantitative estimate of drug-likeness (QED) is 0.830. The van der Waals surface area contributed by atoms with Gasteiger partial charge in [-0.15, -0.1) is 13.2 Å². The lowest BCUT2D eigenvalue weighted by Gasteiger charge is -2.14. The van der Waals surface area contributed by atoms with Crippen LogP contribution < -0.4 is 18.9 Å². The highest BCUT2D eigenvalue weighted by atomic mass is 32.2. The van der Waals surface area contributed by atoms with Crippen LogP contribution in [0.15, 0.2) is 47.4 Å². The number of halogens is 3. The molecule has 27 heavy (non-hydrogen) atoms. The van der Waals surface area contributed by atoms with Crippen LogP contribution in [0.3, 0.4) is 0 Å². The van der Waals surface area contributed by atoms with Gasteiger partial charge >= 0.3 is 6.36 Å². The van der Waals surface area contributed by atoms with Crippen LogP contribution in [0, 0.1) is 0 Å². The number of fused-ring (bicyclic) bond motifs is 1. The van der Waals surface area contributed by atoms with Gasteiger partial charge in [-0.05, 0) is 18.2 Å². The lowest BCUT2D eigenvalue weighted by Crippen LogP contribution is -2.24. The van der Waals surface area contributed by atoms with Crippen LogP contribution in [0.4, 0.5) is 13.2 Å². The standard InChI is InChI=1S/C17H16F3NO5S/c18-17(19,20)26-14-5-2-1-4-12(14)11-21-27(22,23)13-6-7-15-16(10-13)25-9-3-8-24-15/h1-2,4-7,10,21H,3,8-9,11H2. The van der Waals surface area contributed by atoms with E-state index in [0.717, 1.165) is 6.07 Å². The third kappa shape index (κ3) is 5.04. The minimum Gasteiger partial charge on any atom is -0.490 e. The number of hydrogen-bond acceptors (Lipinski definition) is 5. The topological polar surface area (TPSA) is 73.9 Å². The van der Waals surface area contributed by atoms with Crippen molar-refractivity contribution in [1.29, 1.82) is 0 Å². The maximum Gasteiger partial charge on any atom is 0.573 e. The zero-order valence-corrected chi connectivity index (χ0v) is 14.8. The Kier molecular flexibility index (Phi) is 5.47. The largest absolute Gasteiger partial charge is 0.573 e. The number of rotatable bonds is 5. The Morgan fingerprint density at radius 2 is 1.74 bits per heavy atom. The summed E-state index contributed by atoms with van der Waals surface area (Å²) in [4.78, 5) is -0.0824. The van der Waals surface area contributed by atoms with Gasteiger partial charge in [0.25, 0.3) is 0 Å². The molecule has 0 saturated heterocycles. The number of alkyl halides is 3. The predicted molar refractivity (Wildman–Crippen MR) is 89.2 cm³/mol. The van der Waals surface area contributed by atoms with Crippen LogP contribution >= 0.6 is 0 Å². The Morgan fingerprint density at radius 1 is 1.04 bits per heavy atom. The van der Waals surface area contributed by atoms with Crippen LogP contribution in [0.2, 0.25) is 0 Å². The molecule has 6 nitrogen and oxygen atoms in total. The molecular weight excluding hydrogens is 387 g/mol. The van der Waals surface area contributed by atoms with E-state index in [2.05, 4.69) is 9.46 Å². The Morgan fingerprint density at radius 3 is 2.48 bits per heavy atom. The average Bonchev–Trinajstić information content (AvgIpc) is 2.84. The third-order valence-corrected chi connectivity index (χ3v) is 5.08. The molecular formula is C17H16F3NO5S. The summed E-state index contributed by atoms with van der Waals surface area (Å²) in [7, 11) is -3.99. The number of hydrogen-bond donors (Lipinski definition) is 1. The van der Waals surface area contributed by atoms with Crippen molar-refractivity contribution in [2.45, 2.75) is 24.2 Å². The summed E-state index contributed by atoms with van der Waals surface area (Å²) in [5, 5.41) is 0. The second-order valence-electron chi connectivity index (χ2n) is 5.64. The molecule has 0 unspecified atom stereocenters. The molecule has 0 amide bonds. The molecule has 0 fully saturated rings. The Labute approximate surface area is 153 Å². The van der Waals surface area contributed by atoms with Crippen molar-refractivity contribution >= 4 is 10.0 Å². The van der Waals surface area contributed by atoms with Gasteiger partial charge in [0.15, 0.2) is 11.5 Å². The molecule has 2 aromatic carbocycles. The summed E-state index contributed by atoms with van der Waals surface area (Å²) in [6, 6.07) is 9.45. The maximum atomic E-state index is 12.5. The van der Waals surface area contributed by atoms with Crippen molar-refractivity contribution in [2.24, 2.45) is 0 Å². The number of benzene rings is 2. The Hall–Kier alpha value is -2.46. The molecule has 0 aromatic heterocycles. The minimum atomic E-state index is -4.87. The van der Waals surface area contributed by atoms with E-state index in [1.54, 1.807) is 0 Å². The van der Waals surface area contributed by atoms with Gasteiger partial charge in [0.1, 0.15) is 5.75 Å². The first-order valence-electron chi connectivity index (χ1n) is 7.97. The Bertz CT molecular complexity index is 915. The monoisotopic (exact) mass is 403 g/mol. The van der Waals surface area contributed by atoms with Crippen molar-refractivity contribution in [2.75, 3.05) is 13.2 Å². The van der Waals surface area contributed by atoms with E-state index >= 15 is 0 Å². The molecule has 0 radical (unpaired) electrons. The number of para-hydroxylation sites is 1. The summed E-state index contributed by atoms with van der Waals surface area (Å²) in [5.41, 5.74) is 0.0488. The van der Waals surface area contributed by atoms with Gasteiger partial charge in [-0.3, -0.25) is 0 Å². The maximum absolute atomic E-state index is 12.5. The summed E-state index contributed by atoms with van der Waals surface area (Å²) in [5.74, 6) is 0.276. The van der Waals surface area contributed by atoms with E-state index < -0.39 is 22.1 Å². The smallest absolute Gasteiger partial charge is 0.490 e. The van der Waals surface area contributed by atoms with Crippen molar-refractivity contribution < 1.29 is 35.8 Å². The van der Waals surface area contributed by atoms with Gasteiger partial charge in [-0.25, -0.2) is 13.1 Å². The zero-order chi connectivity index (χ0) is 19.5. The van der Waals surface area contributed by atoms with Gasteiger partial charge in [0.2, 0.25) is 10.0 Å². The first kappa shape index (κ1) is 19.3. The Balaban J connectivity index is 1.77. The third-order valence-electron chi connectivity index (χ3n) is 3.68. The van der Waals surface area contributed by atoms with E-state index in [9.17, 15) is 21.6 Å². The molecule has 146 valence electrons. The fourth-order valence-corrected chi connectivity index (χ4v) is 3.46. The van der Waals surface area contributed by atoms with Gasteiger partial charge in [0.05, 0.1) is 18.1 Å². The fraction of sp³-hybridized carbons (Fsp3) is 0.294. The molecule has 0 atom stereocenters. The summed E-state index contributed by atoms with van der Waals surface area (Å²) in [6.07, 6.45) is -4.20. The number of sulfonamides is 1. The van der Waals surface area contributed by atoms with E-state index in [4.69, 9.17) is 9.47 Å². The zero-order valence-electron chi connectivity index (χ0n) is 14.0. The molecule has 0 spiro atoms. The molecule has 3 rings (SSSR count). The number of nitrogens with one attached hydrogen (secondary N) is 1. The predicted octanol–water partition coefficient (Wildman–Crippen LogP) is 3.23. The van der Waals surface area contributed by atoms with Crippen molar-refractivity contribution in [3.63, 3.8) is 0 Å². The lowest BCUT2D eigenvalue weighted by molar-refractivity contribution is -0.274. The number of ether oxygens (including phenoxy) is 3. The van der Waals surface area contributed by atoms with Gasteiger partial charge < -0.3 is 14.2 Å². The molecule has 1 aliphatic heterocycles. The fourth-order valence-electron chi connectivity index (χ4n) is 2.44. The molecule has 1 aliphatic rings. The molecule has 2 aromatic rings. The van der Waals surface area contributed by atoms with E-state index in [1.807, 2.05) is 0 Å². The van der Waals surface area contributed by atoms with Gasteiger partial charge in [-0.2, -0.15) is 0 Å².